The Morgan fingerprint density at radius 3 is 2.30 bits per heavy atom. The highest BCUT2D eigenvalue weighted by molar-refractivity contribution is 5.99. The van der Waals surface area contributed by atoms with Gasteiger partial charge in [-0.25, -0.2) is 4.79 Å². The summed E-state index contributed by atoms with van der Waals surface area (Å²) < 4.78 is 5.33. The minimum absolute atomic E-state index is 0.0151. The number of hydrogen-bond donors (Lipinski definition) is 2. The summed E-state index contributed by atoms with van der Waals surface area (Å²) in [6, 6.07) is 7.14. The third-order valence-electron chi connectivity index (χ3n) is 3.46. The van der Waals surface area contributed by atoms with Gasteiger partial charge in [0.05, 0.1) is 19.8 Å². The molecule has 1 heterocycles. The van der Waals surface area contributed by atoms with Crippen molar-refractivity contribution in [1.29, 1.82) is 0 Å². The number of carbonyl (C=O) groups excluding carboxylic acids is 2. The van der Waals surface area contributed by atoms with E-state index in [1.165, 1.54) is 0 Å². The Bertz CT molecular complexity index is 543. The van der Waals surface area contributed by atoms with Crippen molar-refractivity contribution in [2.75, 3.05) is 37.7 Å². The maximum absolute atomic E-state index is 12.1. The van der Waals surface area contributed by atoms with Crippen LogP contribution in [-0.4, -0.2) is 50.2 Å². The van der Waals surface area contributed by atoms with Crippen LogP contribution in [0.15, 0.2) is 24.3 Å². The van der Waals surface area contributed by atoms with Gasteiger partial charge in [-0.05, 0) is 45.0 Å². The summed E-state index contributed by atoms with van der Waals surface area (Å²) in [7, 11) is 0. The lowest BCUT2D eigenvalue weighted by molar-refractivity contribution is 0.0991. The van der Waals surface area contributed by atoms with Crippen molar-refractivity contribution in [3.8, 4) is 0 Å². The molecular formula is C17H25N3O3. The van der Waals surface area contributed by atoms with E-state index in [1.54, 1.807) is 12.1 Å². The summed E-state index contributed by atoms with van der Waals surface area (Å²) in [5, 5.41) is 5.35. The molecule has 1 aromatic rings. The van der Waals surface area contributed by atoms with Crippen LogP contribution in [0.5, 0.6) is 0 Å². The number of urea groups is 1. The van der Waals surface area contributed by atoms with Gasteiger partial charge in [0.25, 0.3) is 0 Å². The smallest absolute Gasteiger partial charge is 0.315 e. The summed E-state index contributed by atoms with van der Waals surface area (Å²) in [6.07, 6.45) is 0. The first kappa shape index (κ1) is 17.3. The molecule has 0 unspecified atom stereocenters. The fourth-order valence-electron chi connectivity index (χ4n) is 2.33. The summed E-state index contributed by atoms with van der Waals surface area (Å²) in [5.41, 5.74) is 1.36. The van der Waals surface area contributed by atoms with Crippen molar-refractivity contribution in [3.05, 3.63) is 29.8 Å². The van der Waals surface area contributed by atoms with Gasteiger partial charge in [-0.3, -0.25) is 4.79 Å². The van der Waals surface area contributed by atoms with E-state index in [1.807, 2.05) is 32.9 Å². The molecule has 1 aliphatic rings. The van der Waals surface area contributed by atoms with E-state index >= 15 is 0 Å². The minimum Gasteiger partial charge on any atom is -0.378 e. The predicted molar refractivity (Wildman–Crippen MR) is 90.1 cm³/mol. The first-order valence-corrected chi connectivity index (χ1v) is 7.87. The van der Waals surface area contributed by atoms with Gasteiger partial charge in [-0.15, -0.1) is 0 Å². The van der Waals surface area contributed by atoms with Gasteiger partial charge in [-0.1, -0.05) is 0 Å². The number of hydrogen-bond acceptors (Lipinski definition) is 4. The SMILES string of the molecule is CC(C)(C)NC(=O)NCC(=O)c1ccc(N2CCOCC2)cc1. The second kappa shape index (κ2) is 7.46. The number of anilines is 1. The largest absolute Gasteiger partial charge is 0.378 e. The first-order valence-electron chi connectivity index (χ1n) is 7.87. The number of amides is 2. The van der Waals surface area contributed by atoms with E-state index in [0.717, 1.165) is 32.0 Å². The lowest BCUT2D eigenvalue weighted by Crippen LogP contribution is -2.47. The molecule has 2 N–H and O–H groups in total. The van der Waals surface area contributed by atoms with Crippen molar-refractivity contribution in [3.63, 3.8) is 0 Å². The molecule has 0 aliphatic carbocycles. The van der Waals surface area contributed by atoms with Crippen LogP contribution in [0, 0.1) is 0 Å². The van der Waals surface area contributed by atoms with E-state index < -0.39 is 0 Å². The van der Waals surface area contributed by atoms with Crippen LogP contribution in [0.4, 0.5) is 10.5 Å². The molecule has 0 aromatic heterocycles. The highest BCUT2D eigenvalue weighted by Gasteiger charge is 2.15. The van der Waals surface area contributed by atoms with Crippen LogP contribution in [0.3, 0.4) is 0 Å². The van der Waals surface area contributed by atoms with Crippen LogP contribution in [0.1, 0.15) is 31.1 Å². The zero-order valence-electron chi connectivity index (χ0n) is 14.0. The molecule has 1 saturated heterocycles. The van der Waals surface area contributed by atoms with E-state index in [0.29, 0.717) is 5.56 Å². The highest BCUT2D eigenvalue weighted by atomic mass is 16.5. The highest BCUT2D eigenvalue weighted by Crippen LogP contribution is 2.16. The first-order chi connectivity index (χ1) is 10.8. The average molecular weight is 319 g/mol. The summed E-state index contributed by atoms with van der Waals surface area (Å²) in [5.74, 6) is -0.109. The van der Waals surface area contributed by atoms with E-state index in [4.69, 9.17) is 4.74 Å². The number of ether oxygens (including phenoxy) is 1. The lowest BCUT2D eigenvalue weighted by atomic mass is 10.1. The van der Waals surface area contributed by atoms with Gasteiger partial charge >= 0.3 is 6.03 Å². The van der Waals surface area contributed by atoms with E-state index in [2.05, 4.69) is 15.5 Å². The Morgan fingerprint density at radius 1 is 1.13 bits per heavy atom. The second-order valence-corrected chi connectivity index (χ2v) is 6.63. The van der Waals surface area contributed by atoms with Crippen LogP contribution in [0.2, 0.25) is 0 Å². The number of rotatable bonds is 4. The molecule has 2 rings (SSSR count). The van der Waals surface area contributed by atoms with Gasteiger partial charge in [0.15, 0.2) is 5.78 Å². The third kappa shape index (κ3) is 5.56. The molecule has 126 valence electrons. The summed E-state index contributed by atoms with van der Waals surface area (Å²) in [4.78, 5) is 26.0. The number of benzene rings is 1. The van der Waals surface area contributed by atoms with Crippen LogP contribution >= 0.6 is 0 Å². The van der Waals surface area contributed by atoms with Crippen molar-refractivity contribution < 1.29 is 14.3 Å². The van der Waals surface area contributed by atoms with Crippen molar-refractivity contribution in [1.82, 2.24) is 10.6 Å². The number of carbonyl (C=O) groups is 2. The molecule has 1 aromatic carbocycles. The molecule has 23 heavy (non-hydrogen) atoms. The van der Waals surface area contributed by atoms with Crippen molar-refractivity contribution >= 4 is 17.5 Å². The van der Waals surface area contributed by atoms with Gasteiger partial charge in [-0.2, -0.15) is 0 Å². The molecule has 6 heteroatoms. The van der Waals surface area contributed by atoms with Crippen LogP contribution in [0.25, 0.3) is 0 Å². The lowest BCUT2D eigenvalue weighted by Gasteiger charge is -2.28. The molecule has 1 fully saturated rings. The van der Waals surface area contributed by atoms with Gasteiger partial charge in [0.2, 0.25) is 0 Å². The predicted octanol–water partition coefficient (Wildman–Crippen LogP) is 1.80. The van der Waals surface area contributed by atoms with Crippen LogP contribution < -0.4 is 15.5 Å². The van der Waals surface area contributed by atoms with E-state index in [-0.39, 0.29) is 23.9 Å². The normalized spacial score (nSPS) is 15.2. The maximum Gasteiger partial charge on any atom is 0.315 e. The maximum atomic E-state index is 12.1. The fraction of sp³-hybridized carbons (Fsp3) is 0.529. The summed E-state index contributed by atoms with van der Waals surface area (Å²) in [6.45, 7) is 8.83. The molecule has 0 spiro atoms. The molecule has 0 atom stereocenters. The van der Waals surface area contributed by atoms with Crippen molar-refractivity contribution in [2.45, 2.75) is 26.3 Å². The van der Waals surface area contributed by atoms with Crippen LogP contribution in [-0.2, 0) is 4.74 Å². The molecular weight excluding hydrogens is 294 g/mol. The Labute approximate surface area is 137 Å². The Hall–Kier alpha value is -2.08. The minimum atomic E-state index is -0.337. The quantitative estimate of drug-likeness (QED) is 0.830. The Balaban J connectivity index is 1.86. The zero-order valence-corrected chi connectivity index (χ0v) is 14.0. The third-order valence-corrected chi connectivity index (χ3v) is 3.46. The number of Topliss-reactive ketones (excluding diaryl/α,β-unsaturated/α-hetero) is 1. The summed E-state index contributed by atoms with van der Waals surface area (Å²) >= 11 is 0. The molecule has 2 amide bonds. The number of ketones is 1. The standard InChI is InChI=1S/C17H25N3O3/c1-17(2,3)19-16(22)18-12-15(21)13-4-6-14(7-5-13)20-8-10-23-11-9-20/h4-7H,8-12H2,1-3H3,(H2,18,19,22). The van der Waals surface area contributed by atoms with Gasteiger partial charge < -0.3 is 20.3 Å². The van der Waals surface area contributed by atoms with Crippen molar-refractivity contribution in [2.24, 2.45) is 0 Å². The Kier molecular flexibility index (Phi) is 5.60. The number of nitrogens with one attached hydrogen (secondary N) is 2. The van der Waals surface area contributed by atoms with E-state index in [9.17, 15) is 9.59 Å². The number of morpholine rings is 1. The molecule has 0 bridgehead atoms. The Morgan fingerprint density at radius 2 is 1.74 bits per heavy atom. The molecule has 6 nitrogen and oxygen atoms in total. The molecule has 0 saturated carbocycles. The molecule has 1 aliphatic heterocycles. The zero-order chi connectivity index (χ0) is 16.9. The fourth-order valence-corrected chi connectivity index (χ4v) is 2.33. The average Bonchev–Trinajstić information content (AvgIpc) is 2.52. The van der Waals surface area contributed by atoms with Gasteiger partial charge in [0.1, 0.15) is 0 Å². The topological polar surface area (TPSA) is 70.7 Å². The molecule has 0 radical (unpaired) electrons. The second-order valence-electron chi connectivity index (χ2n) is 6.63. The monoisotopic (exact) mass is 319 g/mol. The van der Waals surface area contributed by atoms with Gasteiger partial charge in [0, 0.05) is 29.9 Å². The number of nitrogens with zero attached hydrogens (tertiary/aromatic N) is 1.